The molecule has 1 atom stereocenters. The SMILES string of the molecule is CC(CO)CSc1cc2c(cc1N)NC(=O)CC2. The fourth-order valence-electron chi connectivity index (χ4n) is 1.83. The van der Waals surface area contributed by atoms with E-state index >= 15 is 0 Å². The van der Waals surface area contributed by atoms with Crippen molar-refractivity contribution in [2.45, 2.75) is 24.7 Å². The van der Waals surface area contributed by atoms with Gasteiger partial charge in [0.15, 0.2) is 0 Å². The quantitative estimate of drug-likeness (QED) is 0.574. The van der Waals surface area contributed by atoms with Crippen LogP contribution in [0.3, 0.4) is 0 Å². The third kappa shape index (κ3) is 2.97. The first-order chi connectivity index (χ1) is 8.60. The molecule has 1 heterocycles. The summed E-state index contributed by atoms with van der Waals surface area (Å²) < 4.78 is 0. The highest BCUT2D eigenvalue weighted by Gasteiger charge is 2.17. The second kappa shape index (κ2) is 5.63. The molecule has 1 aliphatic heterocycles. The van der Waals surface area contributed by atoms with Gasteiger partial charge in [-0.2, -0.15) is 0 Å². The van der Waals surface area contributed by atoms with E-state index in [0.29, 0.717) is 12.1 Å². The smallest absolute Gasteiger partial charge is 0.224 e. The fraction of sp³-hybridized carbons (Fsp3) is 0.462. The average molecular weight is 266 g/mol. The van der Waals surface area contributed by atoms with E-state index in [2.05, 4.69) is 11.4 Å². The number of benzene rings is 1. The van der Waals surface area contributed by atoms with Crippen molar-refractivity contribution in [3.63, 3.8) is 0 Å². The van der Waals surface area contributed by atoms with Crippen molar-refractivity contribution in [2.24, 2.45) is 5.92 Å². The van der Waals surface area contributed by atoms with E-state index in [4.69, 9.17) is 10.8 Å². The largest absolute Gasteiger partial charge is 0.398 e. The van der Waals surface area contributed by atoms with E-state index in [9.17, 15) is 4.79 Å². The van der Waals surface area contributed by atoms with Gasteiger partial charge in [-0.1, -0.05) is 6.92 Å². The van der Waals surface area contributed by atoms with Crippen molar-refractivity contribution in [1.82, 2.24) is 0 Å². The van der Waals surface area contributed by atoms with Crippen LogP contribution in [0, 0.1) is 5.92 Å². The second-order valence-corrected chi connectivity index (χ2v) is 5.76. The van der Waals surface area contributed by atoms with Crippen molar-refractivity contribution in [3.8, 4) is 0 Å². The predicted octanol–water partition coefficient (Wildman–Crippen LogP) is 1.87. The van der Waals surface area contributed by atoms with Gasteiger partial charge in [0.1, 0.15) is 0 Å². The molecular weight excluding hydrogens is 248 g/mol. The first-order valence-corrected chi connectivity index (χ1v) is 7.04. The van der Waals surface area contributed by atoms with Crippen LogP contribution in [0.15, 0.2) is 17.0 Å². The Morgan fingerprint density at radius 1 is 1.50 bits per heavy atom. The summed E-state index contributed by atoms with van der Waals surface area (Å²) in [6, 6.07) is 3.89. The Balaban J connectivity index is 2.15. The van der Waals surface area contributed by atoms with Crippen LogP contribution in [0.5, 0.6) is 0 Å². The number of anilines is 2. The highest BCUT2D eigenvalue weighted by atomic mass is 32.2. The molecule has 2 rings (SSSR count). The van der Waals surface area contributed by atoms with E-state index in [0.717, 1.165) is 28.3 Å². The lowest BCUT2D eigenvalue weighted by molar-refractivity contribution is -0.116. The molecule has 4 N–H and O–H groups in total. The van der Waals surface area contributed by atoms with Gasteiger partial charge in [-0.05, 0) is 30.0 Å². The average Bonchev–Trinajstić information content (AvgIpc) is 2.35. The Morgan fingerprint density at radius 3 is 3.00 bits per heavy atom. The summed E-state index contributed by atoms with van der Waals surface area (Å²) in [7, 11) is 0. The summed E-state index contributed by atoms with van der Waals surface area (Å²) in [6.45, 7) is 2.19. The van der Waals surface area contributed by atoms with Gasteiger partial charge in [0.05, 0.1) is 0 Å². The topological polar surface area (TPSA) is 75.3 Å². The van der Waals surface area contributed by atoms with Gasteiger partial charge in [-0.3, -0.25) is 4.79 Å². The van der Waals surface area contributed by atoms with Crippen LogP contribution in [-0.4, -0.2) is 23.4 Å². The molecule has 98 valence electrons. The number of aliphatic hydroxyl groups is 1. The Labute approximate surface area is 111 Å². The lowest BCUT2D eigenvalue weighted by atomic mass is 10.0. The first-order valence-electron chi connectivity index (χ1n) is 6.06. The lowest BCUT2D eigenvalue weighted by Gasteiger charge is -2.19. The summed E-state index contributed by atoms with van der Waals surface area (Å²) in [5, 5.41) is 11.8. The molecule has 18 heavy (non-hydrogen) atoms. The lowest BCUT2D eigenvalue weighted by Crippen LogP contribution is -2.19. The maximum Gasteiger partial charge on any atom is 0.224 e. The van der Waals surface area contributed by atoms with Crippen molar-refractivity contribution < 1.29 is 9.90 Å². The Morgan fingerprint density at radius 2 is 2.28 bits per heavy atom. The Bertz CT molecular complexity index is 463. The number of nitrogens with two attached hydrogens (primary N) is 1. The van der Waals surface area contributed by atoms with Crippen molar-refractivity contribution in [1.29, 1.82) is 0 Å². The van der Waals surface area contributed by atoms with Crippen LogP contribution in [0.25, 0.3) is 0 Å². The van der Waals surface area contributed by atoms with Gasteiger partial charge in [0, 0.05) is 35.1 Å². The zero-order valence-corrected chi connectivity index (χ0v) is 11.2. The maximum atomic E-state index is 11.3. The van der Waals surface area contributed by atoms with Gasteiger partial charge >= 0.3 is 0 Å². The first kappa shape index (κ1) is 13.2. The van der Waals surface area contributed by atoms with Crippen molar-refractivity contribution in [2.75, 3.05) is 23.4 Å². The van der Waals surface area contributed by atoms with Gasteiger partial charge in [0.25, 0.3) is 0 Å². The highest BCUT2D eigenvalue weighted by molar-refractivity contribution is 7.99. The normalized spacial score (nSPS) is 16.0. The predicted molar refractivity (Wildman–Crippen MR) is 74.8 cm³/mol. The van der Waals surface area contributed by atoms with Gasteiger partial charge in [0.2, 0.25) is 5.91 Å². The van der Waals surface area contributed by atoms with Crippen LogP contribution in [0.4, 0.5) is 11.4 Å². The molecule has 0 saturated heterocycles. The minimum absolute atomic E-state index is 0.0520. The van der Waals surface area contributed by atoms with E-state index in [1.54, 1.807) is 11.8 Å². The molecule has 0 spiro atoms. The van der Waals surface area contributed by atoms with E-state index in [-0.39, 0.29) is 18.4 Å². The molecule has 0 bridgehead atoms. The van der Waals surface area contributed by atoms with E-state index in [1.807, 2.05) is 13.0 Å². The summed E-state index contributed by atoms with van der Waals surface area (Å²) in [6.07, 6.45) is 1.30. The number of nitrogens with one attached hydrogen (secondary N) is 1. The zero-order valence-electron chi connectivity index (χ0n) is 10.4. The third-order valence-electron chi connectivity index (χ3n) is 2.97. The Hall–Kier alpha value is -1.20. The number of hydrogen-bond donors (Lipinski definition) is 3. The molecule has 1 aliphatic rings. The Kier molecular flexibility index (Phi) is 4.14. The minimum atomic E-state index is 0.0520. The van der Waals surface area contributed by atoms with Gasteiger partial charge in [-0.15, -0.1) is 11.8 Å². The third-order valence-corrected chi connectivity index (χ3v) is 4.37. The molecule has 4 nitrogen and oxygen atoms in total. The van der Waals surface area contributed by atoms with Crippen LogP contribution in [-0.2, 0) is 11.2 Å². The zero-order chi connectivity index (χ0) is 13.1. The summed E-state index contributed by atoms with van der Waals surface area (Å²) >= 11 is 1.66. The molecular formula is C13H18N2O2S. The molecule has 1 aromatic rings. The van der Waals surface area contributed by atoms with Crippen LogP contribution >= 0.6 is 11.8 Å². The molecule has 5 heteroatoms. The highest BCUT2D eigenvalue weighted by Crippen LogP contribution is 2.34. The van der Waals surface area contributed by atoms with Crippen molar-refractivity contribution >= 4 is 29.0 Å². The number of aryl methyl sites for hydroxylation is 1. The number of carbonyl (C=O) groups excluding carboxylic acids is 1. The molecule has 1 amide bonds. The van der Waals surface area contributed by atoms with E-state index < -0.39 is 0 Å². The van der Waals surface area contributed by atoms with Crippen LogP contribution in [0.2, 0.25) is 0 Å². The molecule has 0 radical (unpaired) electrons. The summed E-state index contributed by atoms with van der Waals surface area (Å²) in [5.41, 5.74) is 8.65. The number of rotatable bonds is 4. The minimum Gasteiger partial charge on any atom is -0.398 e. The van der Waals surface area contributed by atoms with Crippen LogP contribution < -0.4 is 11.1 Å². The van der Waals surface area contributed by atoms with E-state index in [1.165, 1.54) is 0 Å². The van der Waals surface area contributed by atoms with Gasteiger partial charge < -0.3 is 16.2 Å². The van der Waals surface area contributed by atoms with Crippen molar-refractivity contribution in [3.05, 3.63) is 17.7 Å². The van der Waals surface area contributed by atoms with Crippen LogP contribution in [0.1, 0.15) is 18.9 Å². The number of nitrogen functional groups attached to an aromatic ring is 1. The standard InChI is InChI=1S/C13H18N2O2S/c1-8(6-16)7-18-12-4-9-2-3-13(17)15-11(9)5-10(12)14/h4-5,8,16H,2-3,6-7,14H2,1H3,(H,15,17). The molecule has 0 aliphatic carbocycles. The number of amides is 1. The summed E-state index contributed by atoms with van der Waals surface area (Å²) in [4.78, 5) is 12.3. The maximum absolute atomic E-state index is 11.3. The number of hydrogen-bond acceptors (Lipinski definition) is 4. The summed E-state index contributed by atoms with van der Waals surface area (Å²) in [5.74, 6) is 1.15. The van der Waals surface area contributed by atoms with Gasteiger partial charge in [-0.25, -0.2) is 0 Å². The molecule has 1 unspecified atom stereocenters. The second-order valence-electron chi connectivity index (χ2n) is 4.69. The molecule has 0 fully saturated rings. The molecule has 1 aromatic carbocycles. The molecule has 0 aromatic heterocycles. The number of aliphatic hydroxyl groups excluding tert-OH is 1. The fourth-order valence-corrected chi connectivity index (χ4v) is 2.85. The molecule has 0 saturated carbocycles. The monoisotopic (exact) mass is 266 g/mol. The number of fused-ring (bicyclic) bond motifs is 1. The number of thioether (sulfide) groups is 1. The number of carbonyl (C=O) groups is 1.